The van der Waals surface area contributed by atoms with Gasteiger partial charge in [0.2, 0.25) is 5.13 Å². The van der Waals surface area contributed by atoms with Crippen LogP contribution in [0.25, 0.3) is 0 Å². The molecule has 0 fully saturated rings. The van der Waals surface area contributed by atoms with Crippen molar-refractivity contribution in [3.8, 4) is 0 Å². The molecule has 12 heteroatoms. The summed E-state index contributed by atoms with van der Waals surface area (Å²) in [5, 5.41) is 13.2. The number of carbonyl (C=O) groups is 1. The van der Waals surface area contributed by atoms with Gasteiger partial charge in [0.1, 0.15) is 0 Å². The summed E-state index contributed by atoms with van der Waals surface area (Å²) in [7, 11) is 0. The number of nitrogens with zero attached hydrogens (tertiary/aromatic N) is 3. The van der Waals surface area contributed by atoms with Crippen LogP contribution in [0.3, 0.4) is 0 Å². The highest BCUT2D eigenvalue weighted by Crippen LogP contribution is 2.51. The summed E-state index contributed by atoms with van der Waals surface area (Å²) < 4.78 is 77.3. The van der Waals surface area contributed by atoms with Gasteiger partial charge >= 0.3 is 18.0 Å². The van der Waals surface area contributed by atoms with Gasteiger partial charge < -0.3 is 5.11 Å². The molecular weight excluding hydrogens is 388 g/mol. The number of amides is 1. The standard InChI is InChI=1S/C14H11F6N3O2S/c1-2-23(9(24)8-6-4-3-5-7-8)11-22-21-10(26-11)12(25,13(15,16)17)14(18,19)20/h3-7,25H,2H2,1H3. The van der Waals surface area contributed by atoms with Crippen molar-refractivity contribution in [3.05, 3.63) is 40.9 Å². The van der Waals surface area contributed by atoms with Crippen LogP contribution in [0.5, 0.6) is 0 Å². The lowest BCUT2D eigenvalue weighted by Crippen LogP contribution is -2.53. The Morgan fingerprint density at radius 2 is 1.62 bits per heavy atom. The predicted molar refractivity (Wildman–Crippen MR) is 79.7 cm³/mol. The van der Waals surface area contributed by atoms with Crippen molar-refractivity contribution in [2.45, 2.75) is 24.9 Å². The highest BCUT2D eigenvalue weighted by molar-refractivity contribution is 7.15. The molecule has 142 valence electrons. The largest absolute Gasteiger partial charge is 0.433 e. The summed E-state index contributed by atoms with van der Waals surface area (Å²) in [5.74, 6) is -0.682. The number of rotatable bonds is 4. The highest BCUT2D eigenvalue weighted by Gasteiger charge is 2.73. The Morgan fingerprint density at radius 1 is 1.08 bits per heavy atom. The lowest BCUT2D eigenvalue weighted by Gasteiger charge is -2.29. The minimum Gasteiger partial charge on any atom is -0.368 e. The quantitative estimate of drug-likeness (QED) is 0.799. The second-order valence-electron chi connectivity index (χ2n) is 5.01. The van der Waals surface area contributed by atoms with Crippen molar-refractivity contribution in [2.24, 2.45) is 0 Å². The van der Waals surface area contributed by atoms with Crippen LogP contribution in [0, 0.1) is 0 Å². The molecule has 0 radical (unpaired) electrons. The monoisotopic (exact) mass is 399 g/mol. The Labute approximate surface area is 146 Å². The molecule has 0 aliphatic rings. The number of carbonyl (C=O) groups excluding carboxylic acids is 1. The van der Waals surface area contributed by atoms with E-state index in [1.807, 2.05) is 0 Å². The van der Waals surface area contributed by atoms with Gasteiger partial charge in [-0.2, -0.15) is 26.3 Å². The predicted octanol–water partition coefficient (Wildman–Crippen LogP) is 3.52. The third-order valence-electron chi connectivity index (χ3n) is 3.36. The van der Waals surface area contributed by atoms with E-state index in [1.165, 1.54) is 19.1 Å². The van der Waals surface area contributed by atoms with E-state index in [0.29, 0.717) is 0 Å². The van der Waals surface area contributed by atoms with Crippen LogP contribution in [0.2, 0.25) is 0 Å². The molecule has 2 aromatic rings. The van der Waals surface area contributed by atoms with Crippen molar-refractivity contribution in [1.29, 1.82) is 0 Å². The molecule has 1 aromatic heterocycles. The molecule has 1 amide bonds. The van der Waals surface area contributed by atoms with Crippen LogP contribution in [0.4, 0.5) is 31.5 Å². The average Bonchev–Trinajstić information content (AvgIpc) is 3.03. The number of alkyl halides is 6. The highest BCUT2D eigenvalue weighted by atomic mass is 32.1. The van der Waals surface area contributed by atoms with E-state index in [4.69, 9.17) is 0 Å². The van der Waals surface area contributed by atoms with Gasteiger partial charge in [-0.1, -0.05) is 29.5 Å². The molecular formula is C14H11F6N3O2S. The van der Waals surface area contributed by atoms with Crippen molar-refractivity contribution in [1.82, 2.24) is 10.2 Å². The van der Waals surface area contributed by atoms with Gasteiger partial charge in [0.05, 0.1) is 0 Å². The molecule has 0 aliphatic carbocycles. The third-order valence-corrected chi connectivity index (χ3v) is 4.41. The first kappa shape index (κ1) is 20.1. The van der Waals surface area contributed by atoms with E-state index in [1.54, 1.807) is 18.2 Å². The van der Waals surface area contributed by atoms with Gasteiger partial charge in [-0.15, -0.1) is 10.2 Å². The summed E-state index contributed by atoms with van der Waals surface area (Å²) in [5.41, 5.74) is -5.02. The van der Waals surface area contributed by atoms with Gasteiger partial charge in [0.25, 0.3) is 5.91 Å². The molecule has 1 heterocycles. The minimum atomic E-state index is -6.07. The zero-order valence-electron chi connectivity index (χ0n) is 13.0. The van der Waals surface area contributed by atoms with Crippen molar-refractivity contribution in [2.75, 3.05) is 11.4 Å². The molecule has 1 N–H and O–H groups in total. The van der Waals surface area contributed by atoms with Crippen LogP contribution in [0.1, 0.15) is 22.3 Å². The number of anilines is 1. The minimum absolute atomic E-state index is 0.0845. The first-order valence-electron chi connectivity index (χ1n) is 7.00. The Hall–Kier alpha value is -2.21. The summed E-state index contributed by atoms with van der Waals surface area (Å²) in [6, 6.07) is 7.56. The number of benzene rings is 1. The van der Waals surface area contributed by atoms with Crippen LogP contribution in [-0.2, 0) is 5.60 Å². The van der Waals surface area contributed by atoms with Crippen LogP contribution in [0.15, 0.2) is 30.3 Å². The van der Waals surface area contributed by atoms with Gasteiger partial charge in [0, 0.05) is 12.1 Å². The van der Waals surface area contributed by atoms with Crippen LogP contribution >= 0.6 is 11.3 Å². The smallest absolute Gasteiger partial charge is 0.368 e. The van der Waals surface area contributed by atoms with E-state index in [9.17, 15) is 36.2 Å². The maximum atomic E-state index is 12.9. The summed E-state index contributed by atoms with van der Waals surface area (Å²) in [4.78, 5) is 13.3. The topological polar surface area (TPSA) is 66.3 Å². The number of hydrogen-bond acceptors (Lipinski definition) is 5. The number of hydrogen-bond donors (Lipinski definition) is 1. The van der Waals surface area contributed by atoms with Crippen molar-refractivity contribution >= 4 is 22.4 Å². The van der Waals surface area contributed by atoms with E-state index in [0.717, 1.165) is 4.90 Å². The second kappa shape index (κ2) is 6.83. The molecule has 1 aromatic carbocycles. The van der Waals surface area contributed by atoms with Crippen LogP contribution < -0.4 is 4.90 Å². The molecule has 0 bridgehead atoms. The fourth-order valence-electron chi connectivity index (χ4n) is 1.98. The zero-order valence-corrected chi connectivity index (χ0v) is 13.8. The number of aliphatic hydroxyl groups is 1. The first-order chi connectivity index (χ1) is 11.9. The molecule has 0 aliphatic heterocycles. The lowest BCUT2D eigenvalue weighted by molar-refractivity contribution is -0.376. The van der Waals surface area contributed by atoms with E-state index in [-0.39, 0.29) is 23.4 Å². The molecule has 2 rings (SSSR count). The van der Waals surface area contributed by atoms with Crippen molar-refractivity contribution in [3.63, 3.8) is 0 Å². The Balaban J connectivity index is 2.45. The van der Waals surface area contributed by atoms with Gasteiger partial charge in [-0.05, 0) is 19.1 Å². The normalized spacial score (nSPS) is 12.9. The average molecular weight is 399 g/mol. The number of halogens is 6. The second-order valence-corrected chi connectivity index (χ2v) is 5.97. The molecule has 5 nitrogen and oxygen atoms in total. The van der Waals surface area contributed by atoms with Gasteiger partial charge in [-0.25, -0.2) is 0 Å². The summed E-state index contributed by atoms with van der Waals surface area (Å²) >= 11 is -0.158. The maximum Gasteiger partial charge on any atom is 0.433 e. The number of aromatic nitrogens is 2. The lowest BCUT2D eigenvalue weighted by atomic mass is 10.0. The molecule has 0 saturated heterocycles. The fraction of sp³-hybridized carbons (Fsp3) is 0.357. The Morgan fingerprint density at radius 3 is 2.08 bits per heavy atom. The molecule has 0 spiro atoms. The van der Waals surface area contributed by atoms with Gasteiger partial charge in [0.15, 0.2) is 5.01 Å². The van der Waals surface area contributed by atoms with E-state index < -0.39 is 34.0 Å². The molecule has 26 heavy (non-hydrogen) atoms. The van der Waals surface area contributed by atoms with E-state index in [2.05, 4.69) is 10.2 Å². The SMILES string of the molecule is CCN(C(=O)c1ccccc1)c1nnc(C(O)(C(F)(F)F)C(F)(F)F)s1. The van der Waals surface area contributed by atoms with Gasteiger partial charge in [-0.3, -0.25) is 9.69 Å². The molecule has 0 saturated carbocycles. The summed E-state index contributed by atoms with van der Waals surface area (Å²) in [6.45, 7) is 1.38. The van der Waals surface area contributed by atoms with Crippen molar-refractivity contribution < 1.29 is 36.2 Å². The van der Waals surface area contributed by atoms with E-state index >= 15 is 0 Å². The maximum absolute atomic E-state index is 12.9. The summed E-state index contributed by atoms with van der Waals surface area (Å²) in [6.07, 6.45) is -12.1. The Kier molecular flexibility index (Phi) is 5.29. The molecule has 0 atom stereocenters. The van der Waals surface area contributed by atoms with Crippen LogP contribution in [-0.4, -0.2) is 40.1 Å². The molecule has 0 unspecified atom stereocenters. The first-order valence-corrected chi connectivity index (χ1v) is 7.81. The fourth-order valence-corrected chi connectivity index (χ4v) is 3.01. The third kappa shape index (κ3) is 3.38. The Bertz CT molecular complexity index is 761. The zero-order chi connectivity index (χ0) is 19.8.